The summed E-state index contributed by atoms with van der Waals surface area (Å²) < 4.78 is 13.4. The second kappa shape index (κ2) is 6.36. The molecule has 0 fully saturated rings. The third-order valence-electron chi connectivity index (χ3n) is 3.11. The van der Waals surface area contributed by atoms with Crippen LogP contribution in [0.4, 0.5) is 0 Å². The van der Waals surface area contributed by atoms with Gasteiger partial charge in [-0.25, -0.2) is 0 Å². The van der Waals surface area contributed by atoms with Gasteiger partial charge in [0.1, 0.15) is 5.76 Å². The molecule has 2 aromatic heterocycles. The SMILES string of the molecule is CNC(c1ccoc1C)c1c(Br)cnn1CCOC. The molecule has 0 bridgehead atoms. The zero-order valence-corrected chi connectivity index (χ0v) is 12.9. The minimum Gasteiger partial charge on any atom is -0.469 e. The van der Waals surface area contributed by atoms with E-state index in [9.17, 15) is 0 Å². The minimum absolute atomic E-state index is 0.0347. The predicted molar refractivity (Wildman–Crippen MR) is 76.2 cm³/mol. The van der Waals surface area contributed by atoms with Crippen molar-refractivity contribution in [2.24, 2.45) is 0 Å². The third-order valence-corrected chi connectivity index (χ3v) is 3.72. The molecule has 2 aromatic rings. The van der Waals surface area contributed by atoms with Crippen LogP contribution in [0.15, 0.2) is 27.4 Å². The Bertz CT molecular complexity index is 536. The number of nitrogens with one attached hydrogen (secondary N) is 1. The van der Waals surface area contributed by atoms with E-state index in [0.717, 1.165) is 21.5 Å². The van der Waals surface area contributed by atoms with Gasteiger partial charge in [-0.2, -0.15) is 5.10 Å². The first-order valence-corrected chi connectivity index (χ1v) is 6.89. The summed E-state index contributed by atoms with van der Waals surface area (Å²) in [4.78, 5) is 0. The standard InChI is InChI=1S/C13H18BrN3O2/c1-9-10(4-6-19-9)12(15-2)13-11(14)8-16-17(13)5-7-18-3/h4,6,8,12,15H,5,7H2,1-3H3. The summed E-state index contributed by atoms with van der Waals surface area (Å²) >= 11 is 3.57. The highest BCUT2D eigenvalue weighted by molar-refractivity contribution is 9.10. The van der Waals surface area contributed by atoms with E-state index < -0.39 is 0 Å². The van der Waals surface area contributed by atoms with Gasteiger partial charge in [0.25, 0.3) is 0 Å². The van der Waals surface area contributed by atoms with Crippen LogP contribution < -0.4 is 5.32 Å². The molecule has 0 aliphatic heterocycles. The first-order valence-electron chi connectivity index (χ1n) is 6.10. The summed E-state index contributed by atoms with van der Waals surface area (Å²) in [6.45, 7) is 3.30. The van der Waals surface area contributed by atoms with Crippen LogP contribution >= 0.6 is 15.9 Å². The summed E-state index contributed by atoms with van der Waals surface area (Å²) in [5.41, 5.74) is 2.19. The van der Waals surface area contributed by atoms with Crippen molar-refractivity contribution in [3.63, 3.8) is 0 Å². The molecule has 0 spiro atoms. The van der Waals surface area contributed by atoms with Gasteiger partial charge >= 0.3 is 0 Å². The van der Waals surface area contributed by atoms with E-state index in [1.807, 2.05) is 30.9 Å². The van der Waals surface area contributed by atoms with Crippen molar-refractivity contribution in [3.05, 3.63) is 40.0 Å². The lowest BCUT2D eigenvalue weighted by Crippen LogP contribution is -2.23. The lowest BCUT2D eigenvalue weighted by molar-refractivity contribution is 0.182. The average Bonchev–Trinajstić information content (AvgIpc) is 2.97. The van der Waals surface area contributed by atoms with Gasteiger partial charge in [-0.15, -0.1) is 0 Å². The van der Waals surface area contributed by atoms with Gasteiger partial charge in [-0.05, 0) is 36.0 Å². The summed E-state index contributed by atoms with van der Waals surface area (Å²) in [5, 5.41) is 7.69. The largest absolute Gasteiger partial charge is 0.469 e. The van der Waals surface area contributed by atoms with Crippen molar-refractivity contribution >= 4 is 15.9 Å². The Labute approximate surface area is 121 Å². The molecule has 5 nitrogen and oxygen atoms in total. The van der Waals surface area contributed by atoms with Crippen molar-refractivity contribution in [1.82, 2.24) is 15.1 Å². The zero-order valence-electron chi connectivity index (χ0n) is 11.3. The fourth-order valence-corrected chi connectivity index (χ4v) is 2.67. The van der Waals surface area contributed by atoms with Crippen LogP contribution in [0.2, 0.25) is 0 Å². The Balaban J connectivity index is 2.38. The quantitative estimate of drug-likeness (QED) is 0.885. The number of hydrogen-bond donors (Lipinski definition) is 1. The van der Waals surface area contributed by atoms with Crippen LogP contribution in [-0.4, -0.2) is 30.5 Å². The van der Waals surface area contributed by atoms with Crippen molar-refractivity contribution in [2.45, 2.75) is 19.5 Å². The maximum absolute atomic E-state index is 5.40. The number of ether oxygens (including phenoxy) is 1. The fourth-order valence-electron chi connectivity index (χ4n) is 2.15. The Morgan fingerprint density at radius 3 is 2.95 bits per heavy atom. The van der Waals surface area contributed by atoms with Gasteiger partial charge in [-0.1, -0.05) is 0 Å². The summed E-state index contributed by atoms with van der Waals surface area (Å²) in [6.07, 6.45) is 3.52. The second-order valence-corrected chi connectivity index (χ2v) is 5.10. The van der Waals surface area contributed by atoms with Crippen LogP contribution in [0.1, 0.15) is 23.1 Å². The van der Waals surface area contributed by atoms with E-state index in [1.54, 1.807) is 13.4 Å². The number of rotatable bonds is 6. The van der Waals surface area contributed by atoms with E-state index in [4.69, 9.17) is 9.15 Å². The molecule has 2 rings (SSSR count). The Morgan fingerprint density at radius 1 is 1.58 bits per heavy atom. The van der Waals surface area contributed by atoms with Crippen LogP contribution in [0.3, 0.4) is 0 Å². The lowest BCUT2D eigenvalue weighted by atomic mass is 10.0. The molecule has 0 saturated carbocycles. The number of nitrogens with zero attached hydrogens (tertiary/aromatic N) is 2. The van der Waals surface area contributed by atoms with Crippen molar-refractivity contribution in [2.75, 3.05) is 20.8 Å². The molecular formula is C13H18BrN3O2. The van der Waals surface area contributed by atoms with Crippen LogP contribution in [0.5, 0.6) is 0 Å². The molecular weight excluding hydrogens is 310 g/mol. The molecule has 0 aliphatic rings. The van der Waals surface area contributed by atoms with Gasteiger partial charge < -0.3 is 14.5 Å². The first-order chi connectivity index (χ1) is 9.19. The zero-order chi connectivity index (χ0) is 13.8. The molecule has 0 saturated heterocycles. The van der Waals surface area contributed by atoms with E-state index in [-0.39, 0.29) is 6.04 Å². The van der Waals surface area contributed by atoms with Crippen molar-refractivity contribution < 1.29 is 9.15 Å². The number of aryl methyl sites for hydroxylation is 1. The van der Waals surface area contributed by atoms with Gasteiger partial charge in [-0.3, -0.25) is 4.68 Å². The number of hydrogen-bond acceptors (Lipinski definition) is 4. The van der Waals surface area contributed by atoms with E-state index in [0.29, 0.717) is 13.2 Å². The molecule has 19 heavy (non-hydrogen) atoms. The molecule has 1 atom stereocenters. The second-order valence-electron chi connectivity index (χ2n) is 4.25. The fraction of sp³-hybridized carbons (Fsp3) is 0.462. The Morgan fingerprint density at radius 2 is 2.37 bits per heavy atom. The molecule has 1 unspecified atom stereocenters. The number of aromatic nitrogens is 2. The molecule has 0 aromatic carbocycles. The monoisotopic (exact) mass is 327 g/mol. The highest BCUT2D eigenvalue weighted by Crippen LogP contribution is 2.30. The molecule has 104 valence electrons. The number of halogens is 1. The summed E-state index contributed by atoms with van der Waals surface area (Å²) in [6, 6.07) is 2.02. The van der Waals surface area contributed by atoms with E-state index in [1.165, 1.54) is 0 Å². The molecule has 0 amide bonds. The van der Waals surface area contributed by atoms with Gasteiger partial charge in [0.15, 0.2) is 0 Å². The highest BCUT2D eigenvalue weighted by atomic mass is 79.9. The van der Waals surface area contributed by atoms with Crippen molar-refractivity contribution in [3.8, 4) is 0 Å². The average molecular weight is 328 g/mol. The minimum atomic E-state index is 0.0347. The van der Waals surface area contributed by atoms with Crippen molar-refractivity contribution in [1.29, 1.82) is 0 Å². The molecule has 2 heterocycles. The molecule has 0 aliphatic carbocycles. The lowest BCUT2D eigenvalue weighted by Gasteiger charge is -2.18. The van der Waals surface area contributed by atoms with Crippen LogP contribution in [-0.2, 0) is 11.3 Å². The number of methoxy groups -OCH3 is 1. The van der Waals surface area contributed by atoms with E-state index >= 15 is 0 Å². The third kappa shape index (κ3) is 2.91. The van der Waals surface area contributed by atoms with Gasteiger partial charge in [0, 0.05) is 12.7 Å². The highest BCUT2D eigenvalue weighted by Gasteiger charge is 2.23. The molecule has 6 heteroatoms. The van der Waals surface area contributed by atoms with E-state index in [2.05, 4.69) is 26.3 Å². The first kappa shape index (κ1) is 14.3. The maximum atomic E-state index is 5.40. The predicted octanol–water partition coefficient (Wildman–Crippen LogP) is 2.50. The Kier molecular flexibility index (Phi) is 4.79. The summed E-state index contributed by atoms with van der Waals surface area (Å²) in [7, 11) is 3.62. The number of furan rings is 1. The smallest absolute Gasteiger partial charge is 0.105 e. The van der Waals surface area contributed by atoms with Crippen LogP contribution in [0, 0.1) is 6.92 Å². The molecule has 0 radical (unpaired) electrons. The molecule has 1 N–H and O–H groups in total. The normalized spacial score (nSPS) is 12.8. The van der Waals surface area contributed by atoms with Gasteiger partial charge in [0.05, 0.1) is 41.8 Å². The van der Waals surface area contributed by atoms with Gasteiger partial charge in [0.2, 0.25) is 0 Å². The topological polar surface area (TPSA) is 52.2 Å². The Hall–Kier alpha value is -1.11. The maximum Gasteiger partial charge on any atom is 0.105 e. The van der Waals surface area contributed by atoms with Crippen LogP contribution in [0.25, 0.3) is 0 Å². The summed E-state index contributed by atoms with van der Waals surface area (Å²) in [5.74, 6) is 0.908.